The van der Waals surface area contributed by atoms with Crippen LogP contribution in [0.2, 0.25) is 0 Å². The normalized spacial score (nSPS) is 11.2. The molecule has 0 unspecified atom stereocenters. The molecule has 5 nitrogen and oxygen atoms in total. The van der Waals surface area contributed by atoms with Crippen LogP contribution in [0.15, 0.2) is 64.2 Å². The lowest BCUT2D eigenvalue weighted by atomic mass is 10.1. The largest absolute Gasteiger partial charge is 0.272 e. The van der Waals surface area contributed by atoms with Crippen molar-refractivity contribution in [3.8, 4) is 11.3 Å². The molecular weight excluding hydrogens is 306 g/mol. The van der Waals surface area contributed by atoms with Crippen molar-refractivity contribution in [1.82, 2.24) is 10.2 Å². The number of benzene rings is 1. The molecular formula is C14H11N3O2S2. The molecule has 2 heterocycles. The van der Waals surface area contributed by atoms with E-state index in [1.807, 2.05) is 30.3 Å². The summed E-state index contributed by atoms with van der Waals surface area (Å²) >= 11 is 1.15. The highest BCUT2D eigenvalue weighted by Gasteiger charge is 2.15. The quantitative estimate of drug-likeness (QED) is 0.803. The van der Waals surface area contributed by atoms with E-state index in [1.54, 1.807) is 29.6 Å². The molecule has 0 radical (unpaired) electrons. The molecule has 0 saturated heterocycles. The monoisotopic (exact) mass is 317 g/mol. The van der Waals surface area contributed by atoms with E-state index in [0.717, 1.165) is 16.9 Å². The third-order valence-electron chi connectivity index (χ3n) is 2.73. The number of aromatic nitrogens is 2. The molecule has 1 aromatic carbocycles. The number of nitrogens with zero attached hydrogens (tertiary/aromatic N) is 2. The Morgan fingerprint density at radius 3 is 2.33 bits per heavy atom. The summed E-state index contributed by atoms with van der Waals surface area (Å²) in [6.07, 6.45) is 0. The lowest BCUT2D eigenvalue weighted by molar-refractivity contribution is 0.603. The van der Waals surface area contributed by atoms with Gasteiger partial charge in [0, 0.05) is 5.56 Å². The van der Waals surface area contributed by atoms with Gasteiger partial charge in [-0.15, -0.1) is 21.5 Å². The fourth-order valence-electron chi connectivity index (χ4n) is 1.75. The summed E-state index contributed by atoms with van der Waals surface area (Å²) < 4.78 is 26.8. The number of sulfonamides is 1. The van der Waals surface area contributed by atoms with E-state index in [1.165, 1.54) is 0 Å². The Bertz CT molecular complexity index is 814. The molecule has 1 N–H and O–H groups in total. The highest BCUT2D eigenvalue weighted by atomic mass is 32.2. The predicted octanol–water partition coefficient (Wildman–Crippen LogP) is 3.01. The van der Waals surface area contributed by atoms with E-state index in [4.69, 9.17) is 0 Å². The van der Waals surface area contributed by atoms with E-state index in [-0.39, 0.29) is 10.0 Å². The van der Waals surface area contributed by atoms with E-state index in [2.05, 4.69) is 14.9 Å². The summed E-state index contributed by atoms with van der Waals surface area (Å²) in [7, 11) is -3.58. The van der Waals surface area contributed by atoms with Gasteiger partial charge < -0.3 is 0 Å². The van der Waals surface area contributed by atoms with Gasteiger partial charge in [-0.2, -0.15) is 0 Å². The molecule has 0 aliphatic carbocycles. The summed E-state index contributed by atoms with van der Waals surface area (Å²) in [5, 5.41) is 9.66. The zero-order valence-corrected chi connectivity index (χ0v) is 12.4. The van der Waals surface area contributed by atoms with Crippen LogP contribution in [-0.2, 0) is 10.0 Å². The molecule has 3 aromatic rings. The number of nitrogens with one attached hydrogen (secondary N) is 1. The van der Waals surface area contributed by atoms with Crippen molar-refractivity contribution in [2.75, 3.05) is 4.72 Å². The van der Waals surface area contributed by atoms with E-state index >= 15 is 0 Å². The molecule has 7 heteroatoms. The Labute approximate surface area is 126 Å². The van der Waals surface area contributed by atoms with E-state index < -0.39 is 10.0 Å². The minimum atomic E-state index is -3.58. The average molecular weight is 317 g/mol. The molecule has 0 amide bonds. The van der Waals surface area contributed by atoms with Crippen molar-refractivity contribution >= 4 is 27.2 Å². The number of hydrogen-bond acceptors (Lipinski definition) is 5. The van der Waals surface area contributed by atoms with Crippen LogP contribution in [0.5, 0.6) is 0 Å². The number of anilines is 1. The van der Waals surface area contributed by atoms with Gasteiger partial charge in [-0.25, -0.2) is 8.42 Å². The second-order valence-corrected chi connectivity index (χ2v) is 7.06. The Kier molecular flexibility index (Phi) is 3.68. The van der Waals surface area contributed by atoms with Crippen LogP contribution in [-0.4, -0.2) is 18.6 Å². The number of rotatable bonds is 4. The molecule has 106 valence electrons. The first-order valence-corrected chi connectivity index (χ1v) is 8.47. The highest BCUT2D eigenvalue weighted by Crippen LogP contribution is 2.20. The fraction of sp³-hybridized carbons (Fsp3) is 0. The van der Waals surface area contributed by atoms with Gasteiger partial charge in [0.2, 0.25) is 0 Å². The van der Waals surface area contributed by atoms with Gasteiger partial charge in [0.05, 0.1) is 5.69 Å². The summed E-state index contributed by atoms with van der Waals surface area (Å²) in [6.45, 7) is 0. The zero-order valence-electron chi connectivity index (χ0n) is 10.8. The molecule has 0 aliphatic rings. The van der Waals surface area contributed by atoms with Crippen LogP contribution < -0.4 is 4.72 Å². The van der Waals surface area contributed by atoms with Crippen LogP contribution in [0.4, 0.5) is 5.82 Å². The summed E-state index contributed by atoms with van der Waals surface area (Å²) in [5.74, 6) is 0.197. The first-order valence-electron chi connectivity index (χ1n) is 6.11. The molecule has 0 spiro atoms. The standard InChI is InChI=1S/C14H11N3O2S2/c18-21(19,14-7-4-10-20-14)17-13-9-8-12(15-16-13)11-5-2-1-3-6-11/h1-10H,(H,16,17). The van der Waals surface area contributed by atoms with E-state index in [9.17, 15) is 8.42 Å². The maximum Gasteiger partial charge on any atom is 0.272 e. The van der Waals surface area contributed by atoms with Gasteiger partial charge in [0.25, 0.3) is 10.0 Å². The van der Waals surface area contributed by atoms with Crippen molar-refractivity contribution in [2.45, 2.75) is 4.21 Å². The molecule has 0 saturated carbocycles. The fourth-order valence-corrected chi connectivity index (χ4v) is 3.74. The van der Waals surface area contributed by atoms with Gasteiger partial charge in [0.15, 0.2) is 5.82 Å². The van der Waals surface area contributed by atoms with Gasteiger partial charge in [0.1, 0.15) is 4.21 Å². The zero-order chi connectivity index (χ0) is 14.7. The molecule has 3 rings (SSSR count). The van der Waals surface area contributed by atoms with Gasteiger partial charge in [-0.1, -0.05) is 36.4 Å². The third-order valence-corrected chi connectivity index (χ3v) is 5.49. The molecule has 0 atom stereocenters. The van der Waals surface area contributed by atoms with Gasteiger partial charge in [-0.05, 0) is 23.6 Å². The maximum absolute atomic E-state index is 12.0. The average Bonchev–Trinajstić information content (AvgIpc) is 3.04. The molecule has 0 bridgehead atoms. The van der Waals surface area contributed by atoms with Gasteiger partial charge in [-0.3, -0.25) is 4.72 Å². The van der Waals surface area contributed by atoms with Crippen LogP contribution in [0.1, 0.15) is 0 Å². The Hall–Kier alpha value is -2.25. The first-order chi connectivity index (χ1) is 10.1. The Balaban J connectivity index is 1.83. The van der Waals surface area contributed by atoms with Crippen LogP contribution in [0.25, 0.3) is 11.3 Å². The summed E-state index contributed by atoms with van der Waals surface area (Å²) in [5.41, 5.74) is 1.62. The van der Waals surface area contributed by atoms with Crippen molar-refractivity contribution in [1.29, 1.82) is 0 Å². The molecule has 0 fully saturated rings. The minimum absolute atomic E-state index is 0.197. The first kappa shape index (κ1) is 13.7. The molecule has 2 aromatic heterocycles. The Morgan fingerprint density at radius 1 is 0.905 bits per heavy atom. The third kappa shape index (κ3) is 3.09. The predicted molar refractivity (Wildman–Crippen MR) is 82.6 cm³/mol. The lowest BCUT2D eigenvalue weighted by Crippen LogP contribution is -2.12. The second-order valence-electron chi connectivity index (χ2n) is 4.21. The smallest absolute Gasteiger partial charge is 0.261 e. The minimum Gasteiger partial charge on any atom is -0.261 e. The van der Waals surface area contributed by atoms with Gasteiger partial charge >= 0.3 is 0 Å². The molecule has 0 aliphatic heterocycles. The van der Waals surface area contributed by atoms with Crippen LogP contribution in [0.3, 0.4) is 0 Å². The molecule has 21 heavy (non-hydrogen) atoms. The number of thiophene rings is 1. The summed E-state index contributed by atoms with van der Waals surface area (Å²) in [6, 6.07) is 16.1. The highest BCUT2D eigenvalue weighted by molar-refractivity contribution is 7.94. The topological polar surface area (TPSA) is 72.0 Å². The Morgan fingerprint density at radius 2 is 1.71 bits per heavy atom. The van der Waals surface area contributed by atoms with Crippen LogP contribution >= 0.6 is 11.3 Å². The van der Waals surface area contributed by atoms with Crippen LogP contribution in [0, 0.1) is 0 Å². The second kappa shape index (κ2) is 5.63. The van der Waals surface area contributed by atoms with Crippen molar-refractivity contribution < 1.29 is 8.42 Å². The lowest BCUT2D eigenvalue weighted by Gasteiger charge is -2.05. The SMILES string of the molecule is O=S(=O)(Nc1ccc(-c2ccccc2)nn1)c1cccs1. The maximum atomic E-state index is 12.0. The summed E-state index contributed by atoms with van der Waals surface area (Å²) in [4.78, 5) is 0. The van der Waals surface area contributed by atoms with Crippen molar-refractivity contribution in [3.05, 3.63) is 60.0 Å². The van der Waals surface area contributed by atoms with E-state index in [0.29, 0.717) is 5.69 Å². The van der Waals surface area contributed by atoms with Crippen molar-refractivity contribution in [2.24, 2.45) is 0 Å². The van der Waals surface area contributed by atoms with Crippen molar-refractivity contribution in [3.63, 3.8) is 0 Å². The number of hydrogen-bond donors (Lipinski definition) is 1.